The Hall–Kier alpha value is -0.450. The zero-order valence-electron chi connectivity index (χ0n) is 12.6. The number of rotatable bonds is 8. The number of ketones is 1. The smallest absolute Gasteiger partial charge is 0.137 e. The lowest BCUT2D eigenvalue weighted by Gasteiger charge is -2.33. The topological polar surface area (TPSA) is 49.8 Å². The Morgan fingerprint density at radius 3 is 2.79 bits per heavy atom. The molecule has 0 aromatic rings. The maximum atomic E-state index is 12.0. The highest BCUT2D eigenvalue weighted by atomic mass is 16.5. The van der Waals surface area contributed by atoms with Crippen molar-refractivity contribution < 1.29 is 14.6 Å². The van der Waals surface area contributed by atoms with E-state index >= 15 is 0 Å². The summed E-state index contributed by atoms with van der Waals surface area (Å²) in [6, 6.07) is 0.419. The summed E-state index contributed by atoms with van der Waals surface area (Å²) < 4.78 is 5.32. The van der Waals surface area contributed by atoms with Crippen molar-refractivity contribution in [1.29, 1.82) is 0 Å². The molecule has 0 heterocycles. The van der Waals surface area contributed by atoms with Crippen LogP contribution >= 0.6 is 0 Å². The maximum absolute atomic E-state index is 12.0. The summed E-state index contributed by atoms with van der Waals surface area (Å²) >= 11 is 0. The number of Topliss-reactive ketones (excluding diaryl/α,β-unsaturated/α-hetero) is 1. The van der Waals surface area contributed by atoms with Gasteiger partial charge in [-0.05, 0) is 32.6 Å². The highest BCUT2D eigenvalue weighted by molar-refractivity contribution is 5.81. The number of hydrogen-bond donors (Lipinski definition) is 1. The van der Waals surface area contributed by atoms with Crippen LogP contribution in [0.25, 0.3) is 0 Å². The molecule has 0 spiro atoms. The molecule has 1 fully saturated rings. The first-order valence-corrected chi connectivity index (χ1v) is 7.50. The lowest BCUT2D eigenvalue weighted by Crippen LogP contribution is -2.41. The second-order valence-corrected chi connectivity index (χ2v) is 5.97. The molecule has 0 saturated heterocycles. The Balaban J connectivity index is 2.40. The van der Waals surface area contributed by atoms with Gasteiger partial charge in [-0.3, -0.25) is 9.69 Å². The molecule has 4 nitrogen and oxygen atoms in total. The van der Waals surface area contributed by atoms with Gasteiger partial charge in [0.15, 0.2) is 0 Å². The number of carbonyl (C=O) groups excluding carboxylic acids is 1. The van der Waals surface area contributed by atoms with Gasteiger partial charge in [-0.2, -0.15) is 0 Å². The van der Waals surface area contributed by atoms with Crippen LogP contribution in [0, 0.1) is 11.8 Å². The molecular formula is C15H29NO3. The van der Waals surface area contributed by atoms with E-state index in [0.29, 0.717) is 31.0 Å². The average Bonchev–Trinajstić information content (AvgIpc) is 2.37. The van der Waals surface area contributed by atoms with Gasteiger partial charge in [-0.15, -0.1) is 0 Å². The van der Waals surface area contributed by atoms with Gasteiger partial charge in [0.2, 0.25) is 0 Å². The number of carbonyl (C=O) groups is 1. The van der Waals surface area contributed by atoms with Gasteiger partial charge in [0, 0.05) is 31.5 Å². The third kappa shape index (κ3) is 6.02. The van der Waals surface area contributed by atoms with Crippen molar-refractivity contribution in [3.63, 3.8) is 0 Å². The van der Waals surface area contributed by atoms with Crippen molar-refractivity contribution in [2.75, 3.05) is 32.9 Å². The molecule has 2 unspecified atom stereocenters. The van der Waals surface area contributed by atoms with Gasteiger partial charge in [0.25, 0.3) is 0 Å². The van der Waals surface area contributed by atoms with Crippen molar-refractivity contribution in [3.8, 4) is 0 Å². The zero-order valence-corrected chi connectivity index (χ0v) is 12.6. The molecule has 1 rings (SSSR count). The van der Waals surface area contributed by atoms with Crippen LogP contribution in [-0.2, 0) is 9.53 Å². The second kappa shape index (κ2) is 8.67. The van der Waals surface area contributed by atoms with Gasteiger partial charge in [0.1, 0.15) is 5.78 Å². The summed E-state index contributed by atoms with van der Waals surface area (Å²) in [6.45, 7) is 9.31. The summed E-state index contributed by atoms with van der Waals surface area (Å²) in [5.74, 6) is 1.30. The molecule has 2 atom stereocenters. The molecule has 0 aliphatic heterocycles. The highest BCUT2D eigenvalue weighted by Gasteiger charge is 2.28. The van der Waals surface area contributed by atoms with E-state index in [4.69, 9.17) is 9.84 Å². The van der Waals surface area contributed by atoms with E-state index in [0.717, 1.165) is 32.4 Å². The fraction of sp³-hybridized carbons (Fsp3) is 0.933. The van der Waals surface area contributed by atoms with Crippen LogP contribution in [0.2, 0.25) is 0 Å². The third-order valence-electron chi connectivity index (χ3n) is 3.97. The molecule has 1 N–H and O–H groups in total. The van der Waals surface area contributed by atoms with E-state index in [1.807, 2.05) is 0 Å². The third-order valence-corrected chi connectivity index (χ3v) is 3.97. The largest absolute Gasteiger partial charge is 0.394 e. The molecule has 0 bridgehead atoms. The molecule has 4 heteroatoms. The quantitative estimate of drug-likeness (QED) is 0.683. The first-order valence-electron chi connectivity index (χ1n) is 7.50. The summed E-state index contributed by atoms with van der Waals surface area (Å²) in [4.78, 5) is 14.3. The molecule has 1 saturated carbocycles. The predicted molar refractivity (Wildman–Crippen MR) is 76.1 cm³/mol. The minimum absolute atomic E-state index is 0.0697. The van der Waals surface area contributed by atoms with Crippen molar-refractivity contribution in [3.05, 3.63) is 0 Å². The fourth-order valence-electron chi connectivity index (χ4n) is 2.70. The van der Waals surface area contributed by atoms with Gasteiger partial charge >= 0.3 is 0 Å². The van der Waals surface area contributed by atoms with E-state index in [2.05, 4.69) is 25.7 Å². The Bertz CT molecular complexity index is 268. The van der Waals surface area contributed by atoms with Crippen molar-refractivity contribution in [1.82, 2.24) is 4.90 Å². The second-order valence-electron chi connectivity index (χ2n) is 5.97. The van der Waals surface area contributed by atoms with Crippen LogP contribution in [0.5, 0.6) is 0 Å². The minimum atomic E-state index is 0.0697. The number of aliphatic hydroxyl groups excluding tert-OH is 1. The molecule has 112 valence electrons. The van der Waals surface area contributed by atoms with E-state index in [1.165, 1.54) is 0 Å². The number of aliphatic hydroxyl groups is 1. The Kier molecular flexibility index (Phi) is 7.57. The van der Waals surface area contributed by atoms with E-state index in [1.54, 1.807) is 0 Å². The van der Waals surface area contributed by atoms with E-state index in [-0.39, 0.29) is 12.5 Å². The number of hydrogen-bond acceptors (Lipinski definition) is 4. The van der Waals surface area contributed by atoms with Crippen molar-refractivity contribution in [2.24, 2.45) is 11.8 Å². The summed E-state index contributed by atoms with van der Waals surface area (Å²) in [6.07, 6.45) is 2.83. The van der Waals surface area contributed by atoms with Gasteiger partial charge in [0.05, 0.1) is 19.8 Å². The van der Waals surface area contributed by atoms with Crippen LogP contribution in [0.4, 0.5) is 0 Å². The van der Waals surface area contributed by atoms with E-state index < -0.39 is 0 Å². The van der Waals surface area contributed by atoms with Crippen molar-refractivity contribution >= 4 is 5.78 Å². The summed E-state index contributed by atoms with van der Waals surface area (Å²) in [5.41, 5.74) is 0. The van der Waals surface area contributed by atoms with Gasteiger partial charge in [-0.1, -0.05) is 6.92 Å². The molecule has 0 aromatic heterocycles. The van der Waals surface area contributed by atoms with Gasteiger partial charge < -0.3 is 9.84 Å². The Labute approximate surface area is 117 Å². The minimum Gasteiger partial charge on any atom is -0.394 e. The van der Waals surface area contributed by atoms with Crippen LogP contribution in [-0.4, -0.2) is 54.7 Å². The standard InChI is InChI=1S/C15H29NO3/c1-12(2)16(6-8-19-9-7-17)11-14-10-13(3)4-5-15(14)18/h12-14,17H,4-11H2,1-3H3. The summed E-state index contributed by atoms with van der Waals surface area (Å²) in [7, 11) is 0. The zero-order chi connectivity index (χ0) is 14.3. The lowest BCUT2D eigenvalue weighted by molar-refractivity contribution is -0.126. The maximum Gasteiger partial charge on any atom is 0.137 e. The normalized spacial score (nSPS) is 24.4. The highest BCUT2D eigenvalue weighted by Crippen LogP contribution is 2.27. The molecule has 0 aromatic carbocycles. The predicted octanol–water partition coefficient (Wildman–Crippen LogP) is 1.71. The number of nitrogens with zero attached hydrogens (tertiary/aromatic N) is 1. The van der Waals surface area contributed by atoms with Crippen molar-refractivity contribution in [2.45, 2.75) is 46.1 Å². The first-order chi connectivity index (χ1) is 9.04. The Morgan fingerprint density at radius 2 is 2.16 bits per heavy atom. The van der Waals surface area contributed by atoms with Crippen LogP contribution in [0.15, 0.2) is 0 Å². The first kappa shape index (κ1) is 16.6. The average molecular weight is 271 g/mol. The van der Waals surface area contributed by atoms with Crippen LogP contribution in [0.1, 0.15) is 40.0 Å². The number of ether oxygens (including phenoxy) is 1. The van der Waals surface area contributed by atoms with E-state index in [9.17, 15) is 4.79 Å². The van der Waals surface area contributed by atoms with Gasteiger partial charge in [-0.25, -0.2) is 0 Å². The monoisotopic (exact) mass is 271 g/mol. The molecular weight excluding hydrogens is 242 g/mol. The molecule has 1 aliphatic carbocycles. The van der Waals surface area contributed by atoms with Crippen LogP contribution < -0.4 is 0 Å². The Morgan fingerprint density at radius 1 is 1.42 bits per heavy atom. The fourth-order valence-corrected chi connectivity index (χ4v) is 2.70. The molecule has 0 radical (unpaired) electrons. The van der Waals surface area contributed by atoms with Crippen LogP contribution in [0.3, 0.4) is 0 Å². The molecule has 1 aliphatic rings. The SMILES string of the molecule is CC1CCC(=O)C(CN(CCOCCO)C(C)C)C1. The lowest BCUT2D eigenvalue weighted by atomic mass is 9.81. The molecule has 0 amide bonds. The molecule has 19 heavy (non-hydrogen) atoms. The summed E-state index contributed by atoms with van der Waals surface area (Å²) in [5, 5.41) is 8.68.